The molecule has 0 saturated carbocycles. The fraction of sp³-hybridized carbons (Fsp3) is 0.273. The minimum atomic E-state index is -0.390. The molecular formula is C11H13ClN2O2. The molecule has 0 unspecified atom stereocenters. The molecule has 86 valence electrons. The topological polar surface area (TPSA) is 72.2 Å². The molecule has 4 nitrogen and oxygen atoms in total. The number of aryl methyl sites for hydroxylation is 1. The van der Waals surface area contributed by atoms with Gasteiger partial charge < -0.3 is 11.1 Å². The summed E-state index contributed by atoms with van der Waals surface area (Å²) >= 11 is 5.83. The first-order valence-electron chi connectivity index (χ1n) is 4.75. The first kappa shape index (κ1) is 12.5. The van der Waals surface area contributed by atoms with Gasteiger partial charge in [0.1, 0.15) is 5.78 Å². The maximum Gasteiger partial charge on any atom is 0.253 e. The summed E-state index contributed by atoms with van der Waals surface area (Å²) in [6, 6.07) is 3.16. The van der Waals surface area contributed by atoms with Crippen molar-refractivity contribution in [2.75, 3.05) is 12.3 Å². The van der Waals surface area contributed by atoms with Gasteiger partial charge in [0, 0.05) is 10.7 Å². The van der Waals surface area contributed by atoms with Crippen molar-refractivity contribution in [1.82, 2.24) is 5.32 Å². The molecule has 0 spiro atoms. The Bertz CT molecular complexity index is 444. The lowest BCUT2D eigenvalue weighted by Crippen LogP contribution is -2.29. The fourth-order valence-electron chi connectivity index (χ4n) is 1.24. The van der Waals surface area contributed by atoms with E-state index in [-0.39, 0.29) is 12.3 Å². The van der Waals surface area contributed by atoms with Gasteiger partial charge in [-0.15, -0.1) is 0 Å². The van der Waals surface area contributed by atoms with E-state index in [0.717, 1.165) is 5.56 Å². The highest BCUT2D eigenvalue weighted by Crippen LogP contribution is 2.22. The molecule has 16 heavy (non-hydrogen) atoms. The second kappa shape index (κ2) is 4.99. The molecule has 0 fully saturated rings. The first-order chi connectivity index (χ1) is 7.41. The molecule has 1 aromatic rings. The Labute approximate surface area is 98.8 Å². The largest absolute Gasteiger partial charge is 0.398 e. The van der Waals surface area contributed by atoms with Gasteiger partial charge in [0.15, 0.2) is 0 Å². The molecule has 0 atom stereocenters. The van der Waals surface area contributed by atoms with Crippen LogP contribution in [-0.2, 0) is 4.79 Å². The van der Waals surface area contributed by atoms with E-state index in [0.29, 0.717) is 16.3 Å². The zero-order valence-electron chi connectivity index (χ0n) is 9.13. The van der Waals surface area contributed by atoms with Crippen LogP contribution in [0.2, 0.25) is 5.02 Å². The van der Waals surface area contributed by atoms with Gasteiger partial charge in [-0.2, -0.15) is 0 Å². The molecule has 3 N–H and O–H groups in total. The maximum atomic E-state index is 11.7. The Morgan fingerprint density at radius 2 is 2.06 bits per heavy atom. The number of ketones is 1. The third kappa shape index (κ3) is 2.97. The van der Waals surface area contributed by atoms with Crippen LogP contribution in [0.25, 0.3) is 0 Å². The summed E-state index contributed by atoms with van der Waals surface area (Å²) in [7, 11) is 0. The highest BCUT2D eigenvalue weighted by atomic mass is 35.5. The summed E-state index contributed by atoms with van der Waals surface area (Å²) in [6.45, 7) is 3.15. The van der Waals surface area contributed by atoms with Gasteiger partial charge in [-0.1, -0.05) is 11.6 Å². The number of nitrogen functional groups attached to an aromatic ring is 1. The predicted octanol–water partition coefficient (Wildman–Crippen LogP) is 1.55. The van der Waals surface area contributed by atoms with Crippen LogP contribution in [0, 0.1) is 6.92 Å². The Kier molecular flexibility index (Phi) is 3.90. The quantitative estimate of drug-likeness (QED) is 0.788. The monoisotopic (exact) mass is 240 g/mol. The highest BCUT2D eigenvalue weighted by Gasteiger charge is 2.12. The summed E-state index contributed by atoms with van der Waals surface area (Å²) in [5, 5.41) is 2.91. The molecule has 1 rings (SSSR count). The third-order valence-electron chi connectivity index (χ3n) is 2.09. The van der Waals surface area contributed by atoms with Crippen molar-refractivity contribution in [1.29, 1.82) is 0 Å². The Hall–Kier alpha value is -1.55. The lowest BCUT2D eigenvalue weighted by molar-refractivity contribution is -0.116. The van der Waals surface area contributed by atoms with Crippen molar-refractivity contribution >= 4 is 29.0 Å². The smallest absolute Gasteiger partial charge is 0.253 e. The predicted molar refractivity (Wildman–Crippen MR) is 63.6 cm³/mol. The second-order valence-electron chi connectivity index (χ2n) is 3.57. The van der Waals surface area contributed by atoms with E-state index in [4.69, 9.17) is 17.3 Å². The number of halogens is 1. The zero-order chi connectivity index (χ0) is 12.3. The van der Waals surface area contributed by atoms with Gasteiger partial charge in [0.2, 0.25) is 0 Å². The molecule has 1 amide bonds. The minimum Gasteiger partial charge on any atom is -0.398 e. The Morgan fingerprint density at radius 1 is 1.44 bits per heavy atom. The molecule has 5 heteroatoms. The summed E-state index contributed by atoms with van der Waals surface area (Å²) < 4.78 is 0. The lowest BCUT2D eigenvalue weighted by atomic mass is 10.1. The summed E-state index contributed by atoms with van der Waals surface area (Å²) in [6.07, 6.45) is 0. The van der Waals surface area contributed by atoms with Crippen molar-refractivity contribution < 1.29 is 9.59 Å². The van der Waals surface area contributed by atoms with E-state index in [2.05, 4.69) is 5.32 Å². The number of carbonyl (C=O) groups excluding carboxylic acids is 2. The van der Waals surface area contributed by atoms with Crippen molar-refractivity contribution in [3.63, 3.8) is 0 Å². The van der Waals surface area contributed by atoms with E-state index < -0.39 is 5.91 Å². The van der Waals surface area contributed by atoms with Crippen LogP contribution in [0.5, 0.6) is 0 Å². The van der Waals surface area contributed by atoms with Crippen molar-refractivity contribution in [3.8, 4) is 0 Å². The number of hydrogen-bond acceptors (Lipinski definition) is 3. The van der Waals surface area contributed by atoms with Crippen LogP contribution in [-0.4, -0.2) is 18.2 Å². The Morgan fingerprint density at radius 3 is 2.62 bits per heavy atom. The second-order valence-corrected chi connectivity index (χ2v) is 4.01. The summed E-state index contributed by atoms with van der Waals surface area (Å²) in [5.41, 5.74) is 7.17. The average molecular weight is 241 g/mol. The number of anilines is 1. The van der Waals surface area contributed by atoms with E-state index in [1.54, 1.807) is 13.0 Å². The molecule has 0 aliphatic rings. The molecule has 1 aromatic carbocycles. The number of rotatable bonds is 3. The standard InChI is InChI=1S/C11H13ClN2O2/c1-6-3-8(12)4-9(10(6)13)11(16)14-5-7(2)15/h3-4H,5,13H2,1-2H3,(H,14,16). The SMILES string of the molecule is CC(=O)CNC(=O)c1cc(Cl)cc(C)c1N. The summed E-state index contributed by atoms with van der Waals surface area (Å²) in [4.78, 5) is 22.4. The Balaban J connectivity index is 2.95. The molecule has 0 saturated heterocycles. The number of hydrogen-bond donors (Lipinski definition) is 2. The number of carbonyl (C=O) groups is 2. The first-order valence-corrected chi connectivity index (χ1v) is 5.13. The average Bonchev–Trinajstić information content (AvgIpc) is 2.19. The molecular weight excluding hydrogens is 228 g/mol. The van der Waals surface area contributed by atoms with Crippen LogP contribution >= 0.6 is 11.6 Å². The van der Waals surface area contributed by atoms with Crippen LogP contribution in [0.15, 0.2) is 12.1 Å². The van der Waals surface area contributed by atoms with Gasteiger partial charge in [0.25, 0.3) is 5.91 Å². The number of Topliss-reactive ketones (excluding diaryl/α,β-unsaturated/α-hetero) is 1. The van der Waals surface area contributed by atoms with Crippen LogP contribution in [0.3, 0.4) is 0 Å². The van der Waals surface area contributed by atoms with Gasteiger partial charge >= 0.3 is 0 Å². The number of benzene rings is 1. The molecule has 0 aromatic heterocycles. The van der Waals surface area contributed by atoms with Crippen LogP contribution in [0.4, 0.5) is 5.69 Å². The van der Waals surface area contributed by atoms with Crippen molar-refractivity contribution in [2.24, 2.45) is 0 Å². The normalized spacial score (nSPS) is 9.94. The van der Waals surface area contributed by atoms with Gasteiger partial charge in [-0.05, 0) is 31.5 Å². The molecule has 0 aliphatic heterocycles. The maximum absolute atomic E-state index is 11.7. The van der Waals surface area contributed by atoms with Gasteiger partial charge in [0.05, 0.1) is 12.1 Å². The number of nitrogens with two attached hydrogens (primary N) is 1. The van der Waals surface area contributed by atoms with Gasteiger partial charge in [-0.25, -0.2) is 0 Å². The third-order valence-corrected chi connectivity index (χ3v) is 2.31. The van der Waals surface area contributed by atoms with Crippen molar-refractivity contribution in [2.45, 2.75) is 13.8 Å². The molecule has 0 heterocycles. The lowest BCUT2D eigenvalue weighted by Gasteiger charge is -2.09. The fourth-order valence-corrected chi connectivity index (χ4v) is 1.51. The molecule has 0 radical (unpaired) electrons. The molecule has 0 aliphatic carbocycles. The number of amides is 1. The summed E-state index contributed by atoms with van der Waals surface area (Å²) in [5.74, 6) is -0.510. The minimum absolute atomic E-state index is 0.0101. The van der Waals surface area contributed by atoms with E-state index in [1.165, 1.54) is 13.0 Å². The van der Waals surface area contributed by atoms with E-state index in [1.807, 2.05) is 0 Å². The van der Waals surface area contributed by atoms with Crippen LogP contribution in [0.1, 0.15) is 22.8 Å². The van der Waals surface area contributed by atoms with E-state index >= 15 is 0 Å². The zero-order valence-corrected chi connectivity index (χ0v) is 9.89. The highest BCUT2D eigenvalue weighted by molar-refractivity contribution is 6.31. The van der Waals surface area contributed by atoms with Gasteiger partial charge in [-0.3, -0.25) is 9.59 Å². The van der Waals surface area contributed by atoms with Crippen molar-refractivity contribution in [3.05, 3.63) is 28.3 Å². The van der Waals surface area contributed by atoms with Crippen LogP contribution < -0.4 is 11.1 Å². The number of nitrogens with one attached hydrogen (secondary N) is 1. The molecule has 0 bridgehead atoms. The van der Waals surface area contributed by atoms with E-state index in [9.17, 15) is 9.59 Å².